The third kappa shape index (κ3) is 8.24. The van der Waals surface area contributed by atoms with E-state index in [0.29, 0.717) is 21.3 Å². The van der Waals surface area contributed by atoms with Crippen LogP contribution in [0.5, 0.6) is 0 Å². The first-order valence-electron chi connectivity index (χ1n) is 13.2. The monoisotopic (exact) mass is 605 g/mol. The summed E-state index contributed by atoms with van der Waals surface area (Å²) in [6, 6.07) is 23.7. The van der Waals surface area contributed by atoms with Gasteiger partial charge in [-0.25, -0.2) is 13.4 Å². The van der Waals surface area contributed by atoms with Gasteiger partial charge < -0.3 is 15.5 Å². The van der Waals surface area contributed by atoms with Crippen LogP contribution in [0.1, 0.15) is 39.4 Å². The van der Waals surface area contributed by atoms with Crippen molar-refractivity contribution in [3.63, 3.8) is 0 Å². The molecule has 3 amide bonds. The van der Waals surface area contributed by atoms with Crippen molar-refractivity contribution in [2.45, 2.75) is 25.3 Å². The van der Waals surface area contributed by atoms with Crippen LogP contribution in [0, 0.1) is 5.92 Å². The zero-order valence-corrected chi connectivity index (χ0v) is 24.7. The SMILES string of the molecule is CC(C)C(=O)Nc1ncc(C(=O)NCCN(Cc2ccccc2)C(=O)c2ccc(S(=O)(=O)Nc3ccccc3)cc2)s1. The smallest absolute Gasteiger partial charge is 0.263 e. The number of carbonyl (C=O) groups excluding carboxylic acids is 3. The van der Waals surface area contributed by atoms with Crippen LogP contribution in [0.15, 0.2) is 96.0 Å². The molecule has 3 aromatic carbocycles. The first-order valence-corrected chi connectivity index (χ1v) is 15.5. The number of hydrogen-bond donors (Lipinski definition) is 3. The van der Waals surface area contributed by atoms with Crippen LogP contribution in [0.25, 0.3) is 0 Å². The summed E-state index contributed by atoms with van der Waals surface area (Å²) < 4.78 is 28.1. The molecular weight excluding hydrogens is 574 g/mol. The number of benzene rings is 3. The van der Waals surface area contributed by atoms with Gasteiger partial charge in [-0.2, -0.15) is 0 Å². The first kappa shape index (κ1) is 30.4. The van der Waals surface area contributed by atoms with Crippen molar-refractivity contribution in [3.8, 4) is 0 Å². The summed E-state index contributed by atoms with van der Waals surface area (Å²) in [5.41, 5.74) is 1.64. The molecule has 0 fully saturated rings. The number of nitrogens with zero attached hydrogens (tertiary/aromatic N) is 2. The fourth-order valence-corrected chi connectivity index (χ4v) is 5.61. The van der Waals surface area contributed by atoms with Crippen LogP contribution in [-0.2, 0) is 21.4 Å². The summed E-state index contributed by atoms with van der Waals surface area (Å²) in [6.45, 7) is 4.18. The lowest BCUT2D eigenvalue weighted by atomic mass is 10.1. The quantitative estimate of drug-likeness (QED) is 0.216. The topological polar surface area (TPSA) is 138 Å². The number of nitrogens with one attached hydrogen (secondary N) is 3. The van der Waals surface area contributed by atoms with E-state index in [2.05, 4.69) is 20.3 Å². The minimum Gasteiger partial charge on any atom is -0.350 e. The molecule has 0 spiro atoms. The number of para-hydroxylation sites is 1. The average Bonchev–Trinajstić information content (AvgIpc) is 3.45. The fourth-order valence-electron chi connectivity index (χ4n) is 3.81. The Labute approximate surface area is 248 Å². The molecule has 4 aromatic rings. The highest BCUT2D eigenvalue weighted by Gasteiger charge is 2.20. The largest absolute Gasteiger partial charge is 0.350 e. The van der Waals surface area contributed by atoms with Crippen molar-refractivity contribution in [2.75, 3.05) is 23.1 Å². The Hall–Kier alpha value is -4.55. The zero-order chi connectivity index (χ0) is 30.1. The van der Waals surface area contributed by atoms with Crippen LogP contribution < -0.4 is 15.4 Å². The van der Waals surface area contributed by atoms with Crippen molar-refractivity contribution >= 4 is 49.9 Å². The van der Waals surface area contributed by atoms with Crippen LogP contribution in [0.3, 0.4) is 0 Å². The van der Waals surface area contributed by atoms with E-state index in [1.807, 2.05) is 30.3 Å². The second kappa shape index (κ2) is 13.9. The lowest BCUT2D eigenvalue weighted by molar-refractivity contribution is -0.118. The van der Waals surface area contributed by atoms with Gasteiger partial charge in [-0.15, -0.1) is 0 Å². The zero-order valence-electron chi connectivity index (χ0n) is 23.1. The van der Waals surface area contributed by atoms with E-state index in [-0.39, 0.29) is 48.2 Å². The normalized spacial score (nSPS) is 11.1. The lowest BCUT2D eigenvalue weighted by Crippen LogP contribution is -2.38. The number of thiazole rings is 1. The summed E-state index contributed by atoms with van der Waals surface area (Å²) in [4.78, 5) is 44.1. The summed E-state index contributed by atoms with van der Waals surface area (Å²) in [5.74, 6) is -1.09. The molecule has 12 heteroatoms. The van der Waals surface area contributed by atoms with Gasteiger partial charge in [0.1, 0.15) is 4.88 Å². The Kier molecular flexibility index (Phi) is 10.0. The van der Waals surface area contributed by atoms with Crippen molar-refractivity contribution < 1.29 is 22.8 Å². The molecule has 0 saturated carbocycles. The Bertz CT molecular complexity index is 1620. The van der Waals surface area contributed by atoms with Gasteiger partial charge in [0, 0.05) is 36.8 Å². The van der Waals surface area contributed by atoms with Gasteiger partial charge >= 0.3 is 0 Å². The van der Waals surface area contributed by atoms with Crippen molar-refractivity contribution in [3.05, 3.63) is 107 Å². The van der Waals surface area contributed by atoms with Gasteiger partial charge in [0.2, 0.25) is 5.91 Å². The van der Waals surface area contributed by atoms with Gasteiger partial charge in [0.15, 0.2) is 5.13 Å². The predicted octanol–water partition coefficient (Wildman–Crippen LogP) is 4.61. The van der Waals surface area contributed by atoms with Crippen LogP contribution in [0.2, 0.25) is 0 Å². The van der Waals surface area contributed by atoms with E-state index >= 15 is 0 Å². The highest BCUT2D eigenvalue weighted by molar-refractivity contribution is 7.92. The summed E-state index contributed by atoms with van der Waals surface area (Å²) >= 11 is 1.07. The molecule has 0 radical (unpaired) electrons. The second-order valence-corrected chi connectivity index (χ2v) is 12.4. The van der Waals surface area contributed by atoms with E-state index in [1.54, 1.807) is 49.1 Å². The average molecular weight is 606 g/mol. The molecule has 0 aliphatic heterocycles. The standard InChI is InChI=1S/C30H31N5O5S2/c1-21(2)27(36)33-30-32-19-26(41-30)28(37)31-17-18-35(20-22-9-5-3-6-10-22)29(38)23-13-15-25(16-14-23)42(39,40)34-24-11-7-4-8-12-24/h3-16,19,21,34H,17-18,20H2,1-2H3,(H,31,37)(H,32,33,36). The number of anilines is 2. The van der Waals surface area contributed by atoms with E-state index < -0.39 is 10.0 Å². The summed E-state index contributed by atoms with van der Waals surface area (Å²) in [7, 11) is -3.83. The Morgan fingerprint density at radius 1 is 0.905 bits per heavy atom. The Morgan fingerprint density at radius 3 is 2.19 bits per heavy atom. The predicted molar refractivity (Wildman–Crippen MR) is 163 cm³/mol. The summed E-state index contributed by atoms with van der Waals surface area (Å²) in [5, 5.41) is 5.81. The van der Waals surface area contributed by atoms with Crippen molar-refractivity contribution in [2.24, 2.45) is 5.92 Å². The molecule has 4 rings (SSSR count). The molecule has 0 aliphatic carbocycles. The number of carbonyl (C=O) groups is 3. The maximum atomic E-state index is 13.5. The number of aromatic nitrogens is 1. The van der Waals surface area contributed by atoms with Gasteiger partial charge in [-0.3, -0.25) is 19.1 Å². The van der Waals surface area contributed by atoms with Gasteiger partial charge in [-0.05, 0) is 42.0 Å². The molecule has 3 N–H and O–H groups in total. The van der Waals surface area contributed by atoms with E-state index in [0.717, 1.165) is 16.9 Å². The second-order valence-electron chi connectivity index (χ2n) is 9.64. The van der Waals surface area contributed by atoms with E-state index in [4.69, 9.17) is 0 Å². The number of sulfonamides is 1. The number of rotatable bonds is 12. The Balaban J connectivity index is 1.42. The molecule has 1 heterocycles. The number of hydrogen-bond acceptors (Lipinski definition) is 7. The molecule has 0 saturated heterocycles. The highest BCUT2D eigenvalue weighted by Crippen LogP contribution is 2.20. The molecule has 0 unspecified atom stereocenters. The molecule has 0 atom stereocenters. The third-order valence-corrected chi connectivity index (χ3v) is 8.40. The maximum absolute atomic E-state index is 13.5. The van der Waals surface area contributed by atoms with Crippen LogP contribution >= 0.6 is 11.3 Å². The van der Waals surface area contributed by atoms with Gasteiger partial charge in [-0.1, -0.05) is 73.7 Å². The van der Waals surface area contributed by atoms with Crippen LogP contribution in [-0.4, -0.2) is 49.1 Å². The third-order valence-electron chi connectivity index (χ3n) is 6.09. The first-order chi connectivity index (χ1) is 20.1. The summed E-state index contributed by atoms with van der Waals surface area (Å²) in [6.07, 6.45) is 1.39. The Morgan fingerprint density at radius 2 is 1.55 bits per heavy atom. The molecule has 10 nitrogen and oxygen atoms in total. The van der Waals surface area contributed by atoms with Crippen molar-refractivity contribution in [1.29, 1.82) is 0 Å². The van der Waals surface area contributed by atoms with E-state index in [9.17, 15) is 22.8 Å². The molecule has 0 aliphatic rings. The molecule has 0 bridgehead atoms. The minimum absolute atomic E-state index is 0.0262. The number of amides is 3. The highest BCUT2D eigenvalue weighted by atomic mass is 32.2. The fraction of sp³-hybridized carbons (Fsp3) is 0.200. The lowest BCUT2D eigenvalue weighted by Gasteiger charge is -2.23. The maximum Gasteiger partial charge on any atom is 0.263 e. The molecule has 1 aromatic heterocycles. The minimum atomic E-state index is -3.83. The molecular formula is C30H31N5O5S2. The molecule has 218 valence electrons. The van der Waals surface area contributed by atoms with Crippen molar-refractivity contribution in [1.82, 2.24) is 15.2 Å². The van der Waals surface area contributed by atoms with Crippen LogP contribution in [0.4, 0.5) is 10.8 Å². The van der Waals surface area contributed by atoms with Gasteiger partial charge in [0.05, 0.1) is 11.1 Å². The molecule has 42 heavy (non-hydrogen) atoms. The van der Waals surface area contributed by atoms with Gasteiger partial charge in [0.25, 0.3) is 21.8 Å². The van der Waals surface area contributed by atoms with E-state index in [1.165, 1.54) is 30.5 Å².